The molecule has 0 aromatic heterocycles. The molecule has 0 bridgehead atoms. The summed E-state index contributed by atoms with van der Waals surface area (Å²) in [5, 5.41) is 0. The van der Waals surface area contributed by atoms with E-state index < -0.39 is 0 Å². The van der Waals surface area contributed by atoms with Crippen LogP contribution in [0, 0.1) is 19.8 Å². The molecule has 0 N–H and O–H groups in total. The maximum Gasteiger partial charge on any atom is 0.123 e. The molecule has 0 aliphatic heterocycles. The molecular formula is C21H25BrO2. The van der Waals surface area contributed by atoms with E-state index in [2.05, 4.69) is 48.8 Å². The third-order valence-corrected chi connectivity index (χ3v) is 5.94. The Bertz CT molecular complexity index is 739. The van der Waals surface area contributed by atoms with Crippen molar-refractivity contribution in [1.29, 1.82) is 0 Å². The number of ether oxygens (including phenoxy) is 2. The van der Waals surface area contributed by atoms with E-state index in [1.54, 1.807) is 0 Å². The fourth-order valence-corrected chi connectivity index (χ4v) is 4.16. The topological polar surface area (TPSA) is 18.5 Å². The first-order chi connectivity index (χ1) is 11.5. The number of hydrogen-bond donors (Lipinski definition) is 0. The third kappa shape index (κ3) is 3.25. The van der Waals surface area contributed by atoms with Crippen LogP contribution in [0.5, 0.6) is 5.75 Å². The van der Waals surface area contributed by atoms with E-state index in [9.17, 15) is 0 Å². The number of halogens is 1. The Labute approximate surface area is 153 Å². The molecule has 24 heavy (non-hydrogen) atoms. The minimum Gasteiger partial charge on any atom is -0.489 e. The van der Waals surface area contributed by atoms with Gasteiger partial charge in [0.15, 0.2) is 0 Å². The summed E-state index contributed by atoms with van der Waals surface area (Å²) < 4.78 is 13.1. The van der Waals surface area contributed by atoms with Crippen molar-refractivity contribution in [2.24, 2.45) is 5.92 Å². The van der Waals surface area contributed by atoms with Crippen LogP contribution in [0.15, 0.2) is 34.8 Å². The number of hydrogen-bond acceptors (Lipinski definition) is 2. The van der Waals surface area contributed by atoms with E-state index in [4.69, 9.17) is 9.47 Å². The lowest BCUT2D eigenvalue weighted by Gasteiger charge is -2.33. The first kappa shape index (κ1) is 17.5. The van der Waals surface area contributed by atoms with Gasteiger partial charge in [0.2, 0.25) is 0 Å². The highest BCUT2D eigenvalue weighted by Crippen LogP contribution is 2.42. The fraction of sp³-hybridized carbons (Fsp3) is 0.429. The molecule has 2 aromatic rings. The van der Waals surface area contributed by atoms with Gasteiger partial charge < -0.3 is 9.47 Å². The summed E-state index contributed by atoms with van der Waals surface area (Å²) in [6.07, 6.45) is 2.48. The molecule has 0 radical (unpaired) electrons. The smallest absolute Gasteiger partial charge is 0.123 e. The molecule has 128 valence electrons. The Hall–Kier alpha value is -1.32. The van der Waals surface area contributed by atoms with Crippen molar-refractivity contribution in [3.63, 3.8) is 0 Å². The number of fused-ring (bicyclic) bond motifs is 1. The summed E-state index contributed by atoms with van der Waals surface area (Å²) in [5.41, 5.74) is 6.49. The zero-order chi connectivity index (χ0) is 17.3. The molecule has 0 unspecified atom stereocenters. The van der Waals surface area contributed by atoms with Crippen LogP contribution in [0.25, 0.3) is 0 Å². The molecule has 2 atom stereocenters. The van der Waals surface area contributed by atoms with E-state index in [1.165, 1.54) is 28.7 Å². The van der Waals surface area contributed by atoms with Gasteiger partial charge in [0, 0.05) is 17.1 Å². The Morgan fingerprint density at radius 3 is 2.67 bits per heavy atom. The van der Waals surface area contributed by atoms with Gasteiger partial charge >= 0.3 is 0 Å². The second kappa shape index (κ2) is 7.28. The van der Waals surface area contributed by atoms with Gasteiger partial charge in [-0.2, -0.15) is 0 Å². The molecule has 0 saturated heterocycles. The standard InChI is InChI=1S/C21H25BrO2/c1-13-9-10-17-14(2)11-19(15(3)20(17)21(13)23-4)24-12-16-7-5-6-8-18(16)22/h5-8,11,13,21H,9-10,12H2,1-4H3/t13-,21-/m1/s1. The predicted octanol–water partition coefficient (Wildman–Crippen LogP) is 5.91. The minimum absolute atomic E-state index is 0.166. The summed E-state index contributed by atoms with van der Waals surface area (Å²) in [7, 11) is 1.82. The number of aryl methyl sites for hydroxylation is 1. The Balaban J connectivity index is 1.94. The Kier molecular flexibility index (Phi) is 5.31. The van der Waals surface area contributed by atoms with Crippen LogP contribution < -0.4 is 4.74 Å². The minimum atomic E-state index is 0.166. The summed E-state index contributed by atoms with van der Waals surface area (Å²) in [6.45, 7) is 7.19. The molecule has 2 aromatic carbocycles. The van der Waals surface area contributed by atoms with E-state index in [0.29, 0.717) is 12.5 Å². The third-order valence-electron chi connectivity index (χ3n) is 5.17. The molecule has 1 aliphatic rings. The van der Waals surface area contributed by atoms with Crippen molar-refractivity contribution in [2.75, 3.05) is 7.11 Å². The van der Waals surface area contributed by atoms with Crippen molar-refractivity contribution in [3.05, 3.63) is 62.6 Å². The molecule has 0 spiro atoms. The van der Waals surface area contributed by atoms with Crippen LogP contribution in [0.3, 0.4) is 0 Å². The molecular weight excluding hydrogens is 364 g/mol. The second-order valence-electron chi connectivity index (χ2n) is 6.76. The summed E-state index contributed by atoms with van der Waals surface area (Å²) in [4.78, 5) is 0. The van der Waals surface area contributed by atoms with Crippen molar-refractivity contribution in [1.82, 2.24) is 0 Å². The molecule has 2 nitrogen and oxygen atoms in total. The quantitative estimate of drug-likeness (QED) is 0.647. The lowest BCUT2D eigenvalue weighted by Crippen LogP contribution is -2.22. The maximum atomic E-state index is 6.19. The van der Waals surface area contributed by atoms with E-state index >= 15 is 0 Å². The zero-order valence-electron chi connectivity index (χ0n) is 14.9. The highest BCUT2D eigenvalue weighted by atomic mass is 79.9. The van der Waals surface area contributed by atoms with Gasteiger partial charge in [0.25, 0.3) is 0 Å². The van der Waals surface area contributed by atoms with Crippen molar-refractivity contribution >= 4 is 15.9 Å². The first-order valence-corrected chi connectivity index (χ1v) is 9.34. The Morgan fingerprint density at radius 1 is 1.21 bits per heavy atom. The van der Waals surface area contributed by atoms with Crippen LogP contribution in [0.2, 0.25) is 0 Å². The largest absolute Gasteiger partial charge is 0.489 e. The normalized spacial score (nSPS) is 19.9. The average Bonchev–Trinajstić information content (AvgIpc) is 2.57. The van der Waals surface area contributed by atoms with Crippen molar-refractivity contribution in [2.45, 2.75) is 46.3 Å². The lowest BCUT2D eigenvalue weighted by molar-refractivity contribution is 0.0470. The van der Waals surface area contributed by atoms with E-state index in [0.717, 1.165) is 22.2 Å². The first-order valence-electron chi connectivity index (χ1n) is 8.55. The summed E-state index contributed by atoms with van der Waals surface area (Å²) in [6, 6.07) is 10.4. The maximum absolute atomic E-state index is 6.19. The van der Waals surface area contributed by atoms with Gasteiger partial charge in [-0.3, -0.25) is 0 Å². The number of methoxy groups -OCH3 is 1. The van der Waals surface area contributed by atoms with Crippen LogP contribution in [0.1, 0.15) is 47.3 Å². The van der Waals surface area contributed by atoms with E-state index in [1.807, 2.05) is 25.3 Å². The molecule has 0 saturated carbocycles. The molecule has 0 amide bonds. The molecule has 3 heteroatoms. The van der Waals surface area contributed by atoms with Crippen molar-refractivity contribution in [3.8, 4) is 5.75 Å². The highest BCUT2D eigenvalue weighted by molar-refractivity contribution is 9.10. The van der Waals surface area contributed by atoms with Gasteiger partial charge in [0.1, 0.15) is 12.4 Å². The van der Waals surface area contributed by atoms with Crippen LogP contribution in [-0.4, -0.2) is 7.11 Å². The van der Waals surface area contributed by atoms with Gasteiger partial charge in [-0.15, -0.1) is 0 Å². The van der Waals surface area contributed by atoms with Gasteiger partial charge in [-0.05, 0) is 67.0 Å². The van der Waals surface area contributed by atoms with Gasteiger partial charge in [-0.1, -0.05) is 41.1 Å². The highest BCUT2D eigenvalue weighted by Gasteiger charge is 2.30. The monoisotopic (exact) mass is 388 g/mol. The van der Waals surface area contributed by atoms with Crippen LogP contribution in [-0.2, 0) is 17.8 Å². The van der Waals surface area contributed by atoms with Crippen molar-refractivity contribution < 1.29 is 9.47 Å². The number of rotatable bonds is 4. The predicted molar refractivity (Wildman–Crippen MR) is 102 cm³/mol. The Morgan fingerprint density at radius 2 is 1.96 bits per heavy atom. The second-order valence-corrected chi connectivity index (χ2v) is 7.62. The van der Waals surface area contributed by atoms with E-state index in [-0.39, 0.29) is 6.10 Å². The molecule has 3 rings (SSSR count). The number of benzene rings is 2. The van der Waals surface area contributed by atoms with Gasteiger partial charge in [-0.25, -0.2) is 0 Å². The van der Waals surface area contributed by atoms with Crippen LogP contribution in [0.4, 0.5) is 0 Å². The summed E-state index contributed by atoms with van der Waals surface area (Å²) >= 11 is 3.59. The van der Waals surface area contributed by atoms with Gasteiger partial charge in [0.05, 0.1) is 6.10 Å². The molecule has 0 heterocycles. The lowest BCUT2D eigenvalue weighted by atomic mass is 9.78. The zero-order valence-corrected chi connectivity index (χ0v) is 16.4. The molecule has 1 aliphatic carbocycles. The van der Waals surface area contributed by atoms with Crippen LogP contribution >= 0.6 is 15.9 Å². The SMILES string of the molecule is CO[C@H]1c2c(C)c(OCc3ccccc3Br)cc(C)c2CC[C@H]1C. The average molecular weight is 389 g/mol. The summed E-state index contributed by atoms with van der Waals surface area (Å²) in [5.74, 6) is 1.51. The molecule has 0 fully saturated rings. The fourth-order valence-electron chi connectivity index (χ4n) is 3.76.